The second-order valence-electron chi connectivity index (χ2n) is 16.8. The van der Waals surface area contributed by atoms with Crippen molar-refractivity contribution in [1.29, 1.82) is 0 Å². The van der Waals surface area contributed by atoms with Crippen LogP contribution in [0.15, 0.2) is 0 Å². The Morgan fingerprint density at radius 2 is 1.60 bits per heavy atom. The largest absolute Gasteiger partial charge is 0.459 e. The first-order valence-corrected chi connectivity index (χ1v) is 18.7. The molecule has 15 nitrogen and oxygen atoms in total. The highest BCUT2D eigenvalue weighted by Gasteiger charge is 2.61. The summed E-state index contributed by atoms with van der Waals surface area (Å²) < 4.78 is 43.5. The van der Waals surface area contributed by atoms with E-state index in [0.29, 0.717) is 6.42 Å². The van der Waals surface area contributed by atoms with Crippen molar-refractivity contribution in [3.05, 3.63) is 0 Å². The van der Waals surface area contributed by atoms with Crippen LogP contribution in [0.2, 0.25) is 0 Å². The number of Topliss-reactive ketones (excluding diaryl/α,β-unsaturated/α-hetero) is 1. The van der Waals surface area contributed by atoms with Crippen LogP contribution in [0.25, 0.3) is 0 Å². The summed E-state index contributed by atoms with van der Waals surface area (Å²) in [6.45, 7) is 14.3. The van der Waals surface area contributed by atoms with Gasteiger partial charge in [0.05, 0.1) is 49.1 Å². The van der Waals surface area contributed by atoms with Crippen LogP contribution >= 0.6 is 0 Å². The second kappa shape index (κ2) is 16.0. The van der Waals surface area contributed by atoms with Crippen molar-refractivity contribution in [2.24, 2.45) is 23.7 Å². The Balaban J connectivity index is 1.86. The summed E-state index contributed by atoms with van der Waals surface area (Å²) in [5.74, 6) is -7.05. The number of fused-ring (bicyclic) bond motifs is 1. The van der Waals surface area contributed by atoms with E-state index < -0.39 is 107 Å². The Morgan fingerprint density at radius 1 is 0.962 bits per heavy atom. The Morgan fingerprint density at radius 3 is 2.17 bits per heavy atom. The van der Waals surface area contributed by atoms with Gasteiger partial charge in [0.1, 0.15) is 41.2 Å². The van der Waals surface area contributed by atoms with Gasteiger partial charge in [0, 0.05) is 30.9 Å². The maximum atomic E-state index is 14.2. The molecular formula is C37H65NO14. The molecule has 52 heavy (non-hydrogen) atoms. The predicted molar refractivity (Wildman–Crippen MR) is 185 cm³/mol. The molecule has 4 heterocycles. The van der Waals surface area contributed by atoms with Gasteiger partial charge >= 0.3 is 5.97 Å². The number of rotatable bonds is 5. The minimum Gasteiger partial charge on any atom is -0.459 e. The van der Waals surface area contributed by atoms with Crippen LogP contribution in [-0.4, -0.2) is 154 Å². The van der Waals surface area contributed by atoms with Crippen molar-refractivity contribution in [2.45, 2.75) is 172 Å². The molecule has 0 aromatic heterocycles. The molecule has 0 radical (unpaired) electrons. The lowest BCUT2D eigenvalue weighted by Gasteiger charge is -2.55. The Hall–Kier alpha value is -1.34. The van der Waals surface area contributed by atoms with Crippen molar-refractivity contribution < 1.29 is 68.3 Å². The van der Waals surface area contributed by atoms with E-state index in [-0.39, 0.29) is 38.0 Å². The molecule has 0 aliphatic carbocycles. The quantitative estimate of drug-likeness (QED) is 0.250. The van der Waals surface area contributed by atoms with Crippen molar-refractivity contribution in [3.8, 4) is 0 Å². The summed E-state index contributed by atoms with van der Waals surface area (Å²) in [5, 5.41) is 57.9. The maximum absolute atomic E-state index is 14.2. The van der Waals surface area contributed by atoms with Gasteiger partial charge in [-0.15, -0.1) is 0 Å². The van der Waals surface area contributed by atoms with Gasteiger partial charge in [-0.2, -0.15) is 0 Å². The zero-order valence-electron chi connectivity index (χ0n) is 33.0. The van der Waals surface area contributed by atoms with Gasteiger partial charge in [-0.25, -0.2) is 0 Å². The first-order valence-electron chi connectivity index (χ1n) is 18.7. The highest BCUT2D eigenvalue weighted by atomic mass is 16.9. The molecule has 302 valence electrons. The first kappa shape index (κ1) is 43.4. The number of aliphatic hydroxyl groups is 5. The molecule has 4 aliphatic heterocycles. The number of methoxy groups -OCH3 is 1. The molecule has 0 aromatic carbocycles. The number of carbonyl (C=O) groups is 2. The number of hydrogen-bond acceptors (Lipinski definition) is 15. The molecule has 4 rings (SSSR count). The highest BCUT2D eigenvalue weighted by Crippen LogP contribution is 2.47. The molecule has 0 aromatic rings. The van der Waals surface area contributed by atoms with Crippen molar-refractivity contribution in [2.75, 3.05) is 27.8 Å². The van der Waals surface area contributed by atoms with Crippen molar-refractivity contribution >= 4 is 11.8 Å². The second-order valence-corrected chi connectivity index (χ2v) is 16.8. The SMILES string of the molecule is CC[C@H]1OC(=O)[C@@H]2CO[C@@]3(C[C@@](C)(OC)[C@@H](O)[C@H](C)O3)O[C@H]2[C@H](C)[C@@H](O[C@@H]2O[C@H](C)C[C@H](N(C)C)[C@H]2O)[C@](C)(O)C[C@@H](C)C(=O)[C@H](C)[C@@H](O)[C@]1(C)O. The van der Waals surface area contributed by atoms with Crippen LogP contribution in [0.4, 0.5) is 0 Å². The van der Waals surface area contributed by atoms with Crippen LogP contribution in [0.5, 0.6) is 0 Å². The number of likely N-dealkylation sites (N-methyl/N-ethyl adjacent to an activating group) is 1. The average Bonchev–Trinajstić information content (AvgIpc) is 3.07. The molecule has 4 fully saturated rings. The third-order valence-electron chi connectivity index (χ3n) is 12.1. The average molecular weight is 748 g/mol. The molecule has 4 aliphatic rings. The number of carbonyl (C=O) groups excluding carboxylic acids is 2. The standard InChI is InChI=1S/C37H65NO14/c1-13-25-36(9,45)29(41)20(4)26(39)18(2)15-34(7,44)31(50-33-27(40)24(38(10)11)14-19(3)48-33)21(5)28-23(32(43)49-25)16-47-37(52-28)17-35(8,46-12)30(42)22(6)51-37/h18-25,27-31,33,40-42,44-45H,13-17H2,1-12H3/t18-,19-,20+,21+,22+,23-,24+,25-,27-,28+,29-,30+,31-,33+,34-,35-,36-,37-/m1/s1. The maximum Gasteiger partial charge on any atom is 0.314 e. The van der Waals surface area contributed by atoms with E-state index in [1.807, 2.05) is 25.9 Å². The molecule has 0 saturated carbocycles. The molecule has 4 saturated heterocycles. The number of ether oxygens (including phenoxy) is 7. The van der Waals surface area contributed by atoms with E-state index in [9.17, 15) is 35.1 Å². The van der Waals surface area contributed by atoms with Crippen molar-refractivity contribution in [1.82, 2.24) is 4.90 Å². The number of esters is 1. The van der Waals surface area contributed by atoms with Gasteiger partial charge in [0.25, 0.3) is 5.97 Å². The van der Waals surface area contributed by atoms with Gasteiger partial charge in [-0.05, 0) is 68.0 Å². The molecule has 15 heteroatoms. The Kier molecular flexibility index (Phi) is 13.4. The zero-order valence-corrected chi connectivity index (χ0v) is 33.0. The number of hydrogen-bond donors (Lipinski definition) is 5. The molecular weight excluding hydrogens is 682 g/mol. The number of ketones is 1. The van der Waals surface area contributed by atoms with Gasteiger partial charge in [0.15, 0.2) is 6.29 Å². The Labute approximate surface area is 308 Å². The third kappa shape index (κ3) is 8.41. The minimum absolute atomic E-state index is 0.0939. The summed E-state index contributed by atoms with van der Waals surface area (Å²) in [6, 6.07) is -0.338. The van der Waals surface area contributed by atoms with E-state index in [1.54, 1.807) is 34.6 Å². The lowest BCUT2D eigenvalue weighted by atomic mass is 9.73. The summed E-state index contributed by atoms with van der Waals surface area (Å²) in [7, 11) is 5.14. The van der Waals surface area contributed by atoms with Crippen LogP contribution in [0.3, 0.4) is 0 Å². The fraction of sp³-hybridized carbons (Fsp3) is 0.946. The van der Waals surface area contributed by atoms with Crippen LogP contribution < -0.4 is 0 Å². The molecule has 0 amide bonds. The van der Waals surface area contributed by atoms with E-state index in [2.05, 4.69) is 0 Å². The lowest BCUT2D eigenvalue weighted by Crippen LogP contribution is -2.67. The monoisotopic (exact) mass is 747 g/mol. The number of nitrogens with zero attached hydrogens (tertiary/aromatic N) is 1. The summed E-state index contributed by atoms with van der Waals surface area (Å²) >= 11 is 0. The highest BCUT2D eigenvalue weighted by molar-refractivity contribution is 5.83. The van der Waals surface area contributed by atoms with Gasteiger partial charge < -0.3 is 63.6 Å². The van der Waals surface area contributed by atoms with Crippen LogP contribution in [-0.2, 0) is 42.7 Å². The fourth-order valence-electron chi connectivity index (χ4n) is 8.87. The predicted octanol–water partition coefficient (Wildman–Crippen LogP) is 1.12. The van der Waals surface area contributed by atoms with Gasteiger partial charge in [-0.3, -0.25) is 9.59 Å². The van der Waals surface area contributed by atoms with Crippen LogP contribution in [0, 0.1) is 23.7 Å². The minimum atomic E-state index is -2.03. The zero-order chi connectivity index (χ0) is 39.3. The third-order valence-corrected chi connectivity index (χ3v) is 12.1. The van der Waals surface area contributed by atoms with E-state index in [1.165, 1.54) is 27.9 Å². The van der Waals surface area contributed by atoms with Gasteiger partial charge in [0.2, 0.25) is 0 Å². The number of cyclic esters (lactones) is 1. The Bertz CT molecular complexity index is 1250. The molecule has 0 unspecified atom stereocenters. The topological polar surface area (TPSA) is 203 Å². The first-order chi connectivity index (χ1) is 23.9. The summed E-state index contributed by atoms with van der Waals surface area (Å²) in [6.07, 6.45) is -9.39. The number of aliphatic hydroxyl groups excluding tert-OH is 3. The molecule has 18 atom stereocenters. The summed E-state index contributed by atoms with van der Waals surface area (Å²) in [4.78, 5) is 30.0. The normalized spacial score (nSPS) is 51.5. The smallest absolute Gasteiger partial charge is 0.314 e. The molecule has 0 bridgehead atoms. The van der Waals surface area contributed by atoms with E-state index in [4.69, 9.17) is 33.2 Å². The fourth-order valence-corrected chi connectivity index (χ4v) is 8.87. The lowest BCUT2D eigenvalue weighted by molar-refractivity contribution is -0.474. The van der Waals surface area contributed by atoms with E-state index in [0.717, 1.165) is 0 Å². The van der Waals surface area contributed by atoms with E-state index >= 15 is 0 Å². The molecule has 1 spiro atoms. The van der Waals surface area contributed by atoms with Crippen molar-refractivity contribution in [3.63, 3.8) is 0 Å². The van der Waals surface area contributed by atoms with Crippen LogP contribution in [0.1, 0.15) is 88.0 Å². The molecule has 5 N–H and O–H groups in total. The van der Waals surface area contributed by atoms with Gasteiger partial charge in [-0.1, -0.05) is 27.7 Å². The summed E-state index contributed by atoms with van der Waals surface area (Å²) in [5.41, 5.74) is -5.03.